The molecule has 0 spiro atoms. The van der Waals surface area contributed by atoms with Gasteiger partial charge >= 0.3 is 6.03 Å². The summed E-state index contributed by atoms with van der Waals surface area (Å²) in [5, 5.41) is 12.9. The molecule has 0 saturated heterocycles. The lowest BCUT2D eigenvalue weighted by atomic mass is 10.2. The highest BCUT2D eigenvalue weighted by Crippen LogP contribution is 2.32. The van der Waals surface area contributed by atoms with Crippen LogP contribution in [0.4, 0.5) is 10.5 Å². The second-order valence-corrected chi connectivity index (χ2v) is 3.52. The molecule has 3 N–H and O–H groups in total. The van der Waals surface area contributed by atoms with Crippen LogP contribution in [0, 0.1) is 0 Å². The van der Waals surface area contributed by atoms with E-state index in [0.29, 0.717) is 30.4 Å². The molecule has 7 heteroatoms. The van der Waals surface area contributed by atoms with Gasteiger partial charge in [-0.2, -0.15) is 0 Å². The molecule has 0 fully saturated rings. The number of hydrogen-bond acceptors (Lipinski definition) is 5. The van der Waals surface area contributed by atoms with Crippen LogP contribution in [0.2, 0.25) is 0 Å². The first-order valence-corrected chi connectivity index (χ1v) is 5.30. The third-order valence-corrected chi connectivity index (χ3v) is 2.20. The predicted octanol–water partition coefficient (Wildman–Crippen LogP) is 0.0982. The maximum Gasteiger partial charge on any atom is 0.325 e. The van der Waals surface area contributed by atoms with Gasteiger partial charge in [-0.3, -0.25) is 10.1 Å². The number of carbonyl (C=O) groups excluding carboxylic acids is 2. The molecule has 96 valence electrons. The molecule has 1 aliphatic heterocycles. The van der Waals surface area contributed by atoms with Crippen LogP contribution in [0.15, 0.2) is 18.2 Å². The van der Waals surface area contributed by atoms with Crippen LogP contribution in [0.25, 0.3) is 0 Å². The van der Waals surface area contributed by atoms with Crippen LogP contribution >= 0.6 is 0 Å². The number of aliphatic hydroxyl groups excluding tert-OH is 1. The van der Waals surface area contributed by atoms with E-state index in [2.05, 4.69) is 5.32 Å². The molecule has 1 aromatic rings. The quantitative estimate of drug-likeness (QED) is 0.693. The number of carbonyl (C=O) groups is 2. The van der Waals surface area contributed by atoms with Gasteiger partial charge in [0.15, 0.2) is 11.5 Å². The number of nitrogens with one attached hydrogen (secondary N) is 2. The van der Waals surface area contributed by atoms with E-state index in [0.717, 1.165) is 0 Å². The molecular formula is C11H12N2O5. The minimum atomic E-state index is -0.773. The molecular weight excluding hydrogens is 240 g/mol. The van der Waals surface area contributed by atoms with Crippen LogP contribution in [0.5, 0.6) is 11.5 Å². The highest BCUT2D eigenvalue weighted by molar-refractivity contribution is 6.01. The van der Waals surface area contributed by atoms with Crippen molar-refractivity contribution in [2.24, 2.45) is 0 Å². The van der Waals surface area contributed by atoms with Gasteiger partial charge in [0.2, 0.25) is 0 Å². The normalized spacial score (nSPS) is 12.7. The fourth-order valence-corrected chi connectivity index (χ4v) is 1.45. The van der Waals surface area contributed by atoms with Crippen molar-refractivity contribution in [2.75, 3.05) is 25.1 Å². The maximum absolute atomic E-state index is 11.3. The Kier molecular flexibility index (Phi) is 3.63. The van der Waals surface area contributed by atoms with Crippen LogP contribution in [0.3, 0.4) is 0 Å². The van der Waals surface area contributed by atoms with Crippen molar-refractivity contribution in [3.8, 4) is 11.5 Å². The van der Waals surface area contributed by atoms with E-state index in [9.17, 15) is 9.59 Å². The number of rotatable bonds is 2. The molecule has 0 atom stereocenters. The van der Waals surface area contributed by atoms with E-state index >= 15 is 0 Å². The molecule has 1 aliphatic rings. The second kappa shape index (κ2) is 5.37. The van der Waals surface area contributed by atoms with Gasteiger partial charge in [-0.15, -0.1) is 0 Å². The maximum atomic E-state index is 11.3. The molecule has 7 nitrogen and oxygen atoms in total. The Hall–Kier alpha value is -2.28. The summed E-state index contributed by atoms with van der Waals surface area (Å²) in [6.07, 6.45) is 0. The Bertz CT molecular complexity index is 475. The summed E-state index contributed by atoms with van der Waals surface area (Å²) < 4.78 is 10.7. The third kappa shape index (κ3) is 2.89. The van der Waals surface area contributed by atoms with Gasteiger partial charge < -0.3 is 19.9 Å². The van der Waals surface area contributed by atoms with Crippen molar-refractivity contribution < 1.29 is 24.2 Å². The Labute approximate surface area is 103 Å². The number of urea groups is 1. The molecule has 0 aromatic heterocycles. The van der Waals surface area contributed by atoms with Gasteiger partial charge in [-0.1, -0.05) is 0 Å². The van der Waals surface area contributed by atoms with E-state index in [1.165, 1.54) is 0 Å². The third-order valence-electron chi connectivity index (χ3n) is 2.20. The summed E-state index contributed by atoms with van der Waals surface area (Å²) in [4.78, 5) is 22.1. The minimum Gasteiger partial charge on any atom is -0.486 e. The lowest BCUT2D eigenvalue weighted by Gasteiger charge is -2.18. The van der Waals surface area contributed by atoms with Crippen molar-refractivity contribution in [2.45, 2.75) is 0 Å². The largest absolute Gasteiger partial charge is 0.486 e. The van der Waals surface area contributed by atoms with E-state index in [4.69, 9.17) is 14.6 Å². The van der Waals surface area contributed by atoms with Gasteiger partial charge in [-0.05, 0) is 12.1 Å². The Morgan fingerprint density at radius 2 is 1.94 bits per heavy atom. The van der Waals surface area contributed by atoms with E-state index < -0.39 is 18.5 Å². The zero-order chi connectivity index (χ0) is 13.0. The highest BCUT2D eigenvalue weighted by Gasteiger charge is 2.13. The summed E-state index contributed by atoms with van der Waals surface area (Å²) in [6, 6.07) is 4.16. The average molecular weight is 252 g/mol. The smallest absolute Gasteiger partial charge is 0.325 e. The number of anilines is 1. The zero-order valence-electron chi connectivity index (χ0n) is 9.43. The summed E-state index contributed by atoms with van der Waals surface area (Å²) in [5.74, 6) is 0.372. The number of ether oxygens (including phenoxy) is 2. The molecule has 2 rings (SSSR count). The highest BCUT2D eigenvalue weighted by atomic mass is 16.6. The second-order valence-electron chi connectivity index (χ2n) is 3.52. The number of fused-ring (bicyclic) bond motifs is 1. The molecule has 0 unspecified atom stereocenters. The van der Waals surface area contributed by atoms with Crippen molar-refractivity contribution in [1.29, 1.82) is 0 Å². The van der Waals surface area contributed by atoms with E-state index in [1.54, 1.807) is 18.2 Å². The number of hydrogen-bond donors (Lipinski definition) is 3. The van der Waals surface area contributed by atoms with Crippen molar-refractivity contribution in [3.05, 3.63) is 18.2 Å². The summed E-state index contributed by atoms with van der Waals surface area (Å²) >= 11 is 0. The molecule has 1 heterocycles. The SMILES string of the molecule is O=C(CO)NC(=O)Nc1ccc2c(c1)OCCO2. The monoisotopic (exact) mass is 252 g/mol. The van der Waals surface area contributed by atoms with Gasteiger partial charge in [0.05, 0.1) is 0 Å². The average Bonchev–Trinajstić information content (AvgIpc) is 2.38. The van der Waals surface area contributed by atoms with E-state index in [1.807, 2.05) is 5.32 Å². The molecule has 0 saturated carbocycles. The number of imide groups is 1. The zero-order valence-corrected chi connectivity index (χ0v) is 9.43. The fourth-order valence-electron chi connectivity index (χ4n) is 1.45. The molecule has 3 amide bonds. The van der Waals surface area contributed by atoms with Crippen LogP contribution in [0.1, 0.15) is 0 Å². The van der Waals surface area contributed by atoms with Crippen molar-refractivity contribution >= 4 is 17.6 Å². The topological polar surface area (TPSA) is 96.9 Å². The van der Waals surface area contributed by atoms with Gasteiger partial charge in [0.1, 0.15) is 19.8 Å². The first-order chi connectivity index (χ1) is 8.69. The van der Waals surface area contributed by atoms with Gasteiger partial charge in [0.25, 0.3) is 5.91 Å². The van der Waals surface area contributed by atoms with Crippen LogP contribution in [-0.4, -0.2) is 36.9 Å². The molecule has 0 radical (unpaired) electrons. The lowest BCUT2D eigenvalue weighted by molar-refractivity contribution is -0.122. The first kappa shape index (κ1) is 12.2. The summed E-state index contributed by atoms with van der Waals surface area (Å²) in [5.41, 5.74) is 0.461. The summed E-state index contributed by atoms with van der Waals surface area (Å²) in [6.45, 7) is 0.200. The molecule has 18 heavy (non-hydrogen) atoms. The lowest BCUT2D eigenvalue weighted by Crippen LogP contribution is -2.36. The van der Waals surface area contributed by atoms with Gasteiger partial charge in [0, 0.05) is 11.8 Å². The number of benzene rings is 1. The number of aliphatic hydroxyl groups is 1. The van der Waals surface area contributed by atoms with E-state index in [-0.39, 0.29) is 0 Å². The Morgan fingerprint density at radius 3 is 2.67 bits per heavy atom. The van der Waals surface area contributed by atoms with Crippen molar-refractivity contribution in [1.82, 2.24) is 5.32 Å². The van der Waals surface area contributed by atoms with Crippen LogP contribution in [-0.2, 0) is 4.79 Å². The minimum absolute atomic E-state index is 0.450. The Morgan fingerprint density at radius 1 is 1.22 bits per heavy atom. The predicted molar refractivity (Wildman–Crippen MR) is 61.7 cm³/mol. The summed E-state index contributed by atoms with van der Waals surface area (Å²) in [7, 11) is 0. The van der Waals surface area contributed by atoms with Gasteiger partial charge in [-0.25, -0.2) is 4.79 Å². The Balaban J connectivity index is 2.01. The standard InChI is InChI=1S/C11H12N2O5/c14-6-10(15)13-11(16)12-7-1-2-8-9(5-7)18-4-3-17-8/h1-2,5,14H,3-4,6H2,(H2,12,13,15,16). The fraction of sp³-hybridized carbons (Fsp3) is 0.273. The van der Waals surface area contributed by atoms with Crippen molar-refractivity contribution in [3.63, 3.8) is 0 Å². The van der Waals surface area contributed by atoms with Crippen LogP contribution < -0.4 is 20.1 Å². The number of amides is 3. The first-order valence-electron chi connectivity index (χ1n) is 5.30. The molecule has 0 aliphatic carbocycles. The molecule has 1 aromatic carbocycles. The molecule has 0 bridgehead atoms.